The second-order valence-corrected chi connectivity index (χ2v) is 3.66. The highest BCUT2D eigenvalue weighted by Crippen LogP contribution is 2.26. The normalized spacial score (nSPS) is 20.6. The second-order valence-electron chi connectivity index (χ2n) is 3.66. The average molecular weight is 212 g/mol. The van der Waals surface area contributed by atoms with Crippen LogP contribution in [0, 0.1) is 5.92 Å². The van der Waals surface area contributed by atoms with E-state index >= 15 is 0 Å². The number of rotatable bonds is 4. The fourth-order valence-corrected chi connectivity index (χ4v) is 1.72. The van der Waals surface area contributed by atoms with Gasteiger partial charge in [-0.05, 0) is 26.2 Å². The number of carboxylic acids is 1. The number of hydrogen-bond donors (Lipinski definition) is 1. The molecule has 15 heavy (non-hydrogen) atoms. The fourth-order valence-electron chi connectivity index (χ4n) is 1.72. The van der Waals surface area contributed by atoms with Gasteiger partial charge in [-0.3, -0.25) is 9.59 Å². The monoisotopic (exact) mass is 212 g/mol. The van der Waals surface area contributed by atoms with Gasteiger partial charge in [0.1, 0.15) is 0 Å². The van der Waals surface area contributed by atoms with Gasteiger partial charge in [0.2, 0.25) is 0 Å². The first-order valence-electron chi connectivity index (χ1n) is 5.19. The SMILES string of the molecule is CCOC(=O)C1CC=C(CC(=O)O)CC1. The van der Waals surface area contributed by atoms with Gasteiger partial charge >= 0.3 is 11.9 Å². The van der Waals surface area contributed by atoms with Crippen LogP contribution < -0.4 is 0 Å². The fraction of sp³-hybridized carbons (Fsp3) is 0.636. The van der Waals surface area contributed by atoms with Crippen molar-refractivity contribution in [3.8, 4) is 0 Å². The van der Waals surface area contributed by atoms with E-state index in [4.69, 9.17) is 9.84 Å². The maximum Gasteiger partial charge on any atom is 0.309 e. The highest BCUT2D eigenvalue weighted by molar-refractivity contribution is 5.73. The number of ether oxygens (including phenoxy) is 1. The molecule has 4 nitrogen and oxygen atoms in total. The quantitative estimate of drug-likeness (QED) is 0.569. The summed E-state index contributed by atoms with van der Waals surface area (Å²) in [5, 5.41) is 8.59. The van der Waals surface area contributed by atoms with E-state index in [0.29, 0.717) is 25.9 Å². The molecule has 0 saturated heterocycles. The maximum absolute atomic E-state index is 11.4. The highest BCUT2D eigenvalue weighted by Gasteiger charge is 2.22. The third kappa shape index (κ3) is 3.73. The second kappa shape index (κ2) is 5.53. The van der Waals surface area contributed by atoms with Crippen molar-refractivity contribution >= 4 is 11.9 Å². The third-order valence-corrected chi connectivity index (χ3v) is 2.50. The molecule has 4 heteroatoms. The first kappa shape index (κ1) is 11.8. The van der Waals surface area contributed by atoms with Crippen LogP contribution in [-0.2, 0) is 14.3 Å². The lowest BCUT2D eigenvalue weighted by Crippen LogP contribution is -2.20. The molecule has 84 valence electrons. The zero-order valence-corrected chi connectivity index (χ0v) is 8.86. The molecule has 0 amide bonds. The zero-order valence-electron chi connectivity index (χ0n) is 8.86. The van der Waals surface area contributed by atoms with Crippen molar-refractivity contribution in [1.82, 2.24) is 0 Å². The van der Waals surface area contributed by atoms with Gasteiger partial charge in [0.25, 0.3) is 0 Å². The van der Waals surface area contributed by atoms with Crippen LogP contribution in [0.3, 0.4) is 0 Å². The molecule has 0 spiro atoms. The standard InChI is InChI=1S/C11H16O4/c1-2-15-11(14)9-5-3-8(4-6-9)7-10(12)13/h3,9H,2,4-7H2,1H3,(H,12,13). The van der Waals surface area contributed by atoms with Crippen LogP contribution in [0.15, 0.2) is 11.6 Å². The number of allylic oxidation sites excluding steroid dienone is 1. The van der Waals surface area contributed by atoms with Gasteiger partial charge in [-0.15, -0.1) is 0 Å². The van der Waals surface area contributed by atoms with E-state index in [1.165, 1.54) is 0 Å². The van der Waals surface area contributed by atoms with E-state index in [9.17, 15) is 9.59 Å². The van der Waals surface area contributed by atoms with Gasteiger partial charge in [0.15, 0.2) is 0 Å². The molecular weight excluding hydrogens is 196 g/mol. The molecule has 1 atom stereocenters. The number of carbonyl (C=O) groups excluding carboxylic acids is 1. The van der Waals surface area contributed by atoms with Crippen LogP contribution in [0.4, 0.5) is 0 Å². The Hall–Kier alpha value is -1.32. The Kier molecular flexibility index (Phi) is 4.34. The number of esters is 1. The average Bonchev–Trinajstić information content (AvgIpc) is 2.18. The molecule has 1 unspecified atom stereocenters. The molecule has 0 aliphatic heterocycles. The first-order valence-corrected chi connectivity index (χ1v) is 5.19. The lowest BCUT2D eigenvalue weighted by atomic mass is 9.88. The smallest absolute Gasteiger partial charge is 0.309 e. The molecule has 1 aliphatic carbocycles. The maximum atomic E-state index is 11.4. The van der Waals surface area contributed by atoms with Crippen LogP contribution in [0.1, 0.15) is 32.6 Å². The van der Waals surface area contributed by atoms with Gasteiger partial charge in [0.05, 0.1) is 18.9 Å². The van der Waals surface area contributed by atoms with Crippen molar-refractivity contribution in [2.75, 3.05) is 6.61 Å². The molecular formula is C11H16O4. The molecule has 0 saturated carbocycles. The molecule has 0 bridgehead atoms. The zero-order chi connectivity index (χ0) is 11.3. The van der Waals surface area contributed by atoms with Crippen molar-refractivity contribution in [2.24, 2.45) is 5.92 Å². The van der Waals surface area contributed by atoms with E-state index in [1.807, 2.05) is 6.08 Å². The predicted molar refractivity (Wildman–Crippen MR) is 54.3 cm³/mol. The van der Waals surface area contributed by atoms with Crippen LogP contribution in [0.5, 0.6) is 0 Å². The third-order valence-electron chi connectivity index (χ3n) is 2.50. The summed E-state index contributed by atoms with van der Waals surface area (Å²) < 4.78 is 4.91. The minimum atomic E-state index is -0.809. The number of hydrogen-bond acceptors (Lipinski definition) is 3. The minimum absolute atomic E-state index is 0.0810. The molecule has 0 heterocycles. The lowest BCUT2D eigenvalue weighted by molar-refractivity contribution is -0.148. The molecule has 0 aromatic rings. The van der Waals surface area contributed by atoms with E-state index in [0.717, 1.165) is 5.57 Å². The Morgan fingerprint density at radius 2 is 2.33 bits per heavy atom. The molecule has 1 rings (SSSR count). The Morgan fingerprint density at radius 1 is 1.60 bits per heavy atom. The molecule has 0 fully saturated rings. The topological polar surface area (TPSA) is 63.6 Å². The Bertz CT molecular complexity index is 280. The number of aliphatic carboxylic acids is 1. The summed E-state index contributed by atoms with van der Waals surface area (Å²) in [6.07, 6.45) is 3.96. The van der Waals surface area contributed by atoms with E-state index in [-0.39, 0.29) is 18.3 Å². The first-order chi connectivity index (χ1) is 7.13. The molecule has 0 aromatic heterocycles. The summed E-state index contributed by atoms with van der Waals surface area (Å²) in [5.41, 5.74) is 0.919. The summed E-state index contributed by atoms with van der Waals surface area (Å²) in [4.78, 5) is 21.8. The Balaban J connectivity index is 2.43. The largest absolute Gasteiger partial charge is 0.481 e. The van der Waals surface area contributed by atoms with Crippen molar-refractivity contribution in [2.45, 2.75) is 32.6 Å². The van der Waals surface area contributed by atoms with Gasteiger partial charge < -0.3 is 9.84 Å². The lowest BCUT2D eigenvalue weighted by Gasteiger charge is -2.19. The van der Waals surface area contributed by atoms with Gasteiger partial charge in [0, 0.05) is 0 Å². The van der Waals surface area contributed by atoms with Gasteiger partial charge in [-0.25, -0.2) is 0 Å². The summed E-state index contributed by atoms with van der Waals surface area (Å²) in [6, 6.07) is 0. The summed E-state index contributed by atoms with van der Waals surface area (Å²) in [7, 11) is 0. The summed E-state index contributed by atoms with van der Waals surface area (Å²) in [5.74, 6) is -1.05. The molecule has 0 radical (unpaired) electrons. The van der Waals surface area contributed by atoms with Crippen LogP contribution in [-0.4, -0.2) is 23.7 Å². The highest BCUT2D eigenvalue weighted by atomic mass is 16.5. The minimum Gasteiger partial charge on any atom is -0.481 e. The summed E-state index contributed by atoms with van der Waals surface area (Å²) in [6.45, 7) is 2.19. The van der Waals surface area contributed by atoms with Crippen molar-refractivity contribution in [3.05, 3.63) is 11.6 Å². The predicted octanol–water partition coefficient (Wildman–Crippen LogP) is 1.75. The van der Waals surface area contributed by atoms with E-state index in [1.54, 1.807) is 6.92 Å². The molecule has 1 aliphatic rings. The van der Waals surface area contributed by atoms with E-state index < -0.39 is 5.97 Å². The van der Waals surface area contributed by atoms with Crippen molar-refractivity contribution < 1.29 is 19.4 Å². The van der Waals surface area contributed by atoms with E-state index in [2.05, 4.69) is 0 Å². The van der Waals surface area contributed by atoms with Gasteiger partial charge in [-0.1, -0.05) is 11.6 Å². The van der Waals surface area contributed by atoms with Crippen LogP contribution in [0.2, 0.25) is 0 Å². The Morgan fingerprint density at radius 3 is 2.80 bits per heavy atom. The Labute approximate surface area is 88.9 Å². The number of carbonyl (C=O) groups is 2. The van der Waals surface area contributed by atoms with Crippen LogP contribution in [0.25, 0.3) is 0 Å². The van der Waals surface area contributed by atoms with Crippen molar-refractivity contribution in [1.29, 1.82) is 0 Å². The summed E-state index contributed by atoms with van der Waals surface area (Å²) >= 11 is 0. The van der Waals surface area contributed by atoms with Gasteiger partial charge in [-0.2, -0.15) is 0 Å². The van der Waals surface area contributed by atoms with Crippen molar-refractivity contribution in [3.63, 3.8) is 0 Å². The number of carboxylic acid groups (broad SMARTS) is 1. The molecule has 0 aromatic carbocycles. The molecule has 1 N–H and O–H groups in total. The van der Waals surface area contributed by atoms with Crippen LogP contribution >= 0.6 is 0 Å².